The van der Waals surface area contributed by atoms with Crippen molar-refractivity contribution >= 4 is 25.7 Å². The third-order valence-electron chi connectivity index (χ3n) is 7.19. The molecule has 0 aliphatic carbocycles. The van der Waals surface area contributed by atoms with E-state index in [9.17, 15) is 18.0 Å². The number of hydrogen-bond donors (Lipinski definition) is 0. The van der Waals surface area contributed by atoms with Crippen LogP contribution in [0.1, 0.15) is 41.6 Å². The van der Waals surface area contributed by atoms with Crippen molar-refractivity contribution in [2.75, 3.05) is 7.11 Å². The number of halogens is 4. The number of carbonyl (C=O) groups excluding carboxylic acids is 1. The molecule has 1 amide bonds. The van der Waals surface area contributed by atoms with E-state index in [4.69, 9.17) is 9.47 Å². The zero-order valence-electron chi connectivity index (χ0n) is 18.4. The van der Waals surface area contributed by atoms with E-state index in [1.807, 2.05) is 17.0 Å². The molecule has 4 nitrogen and oxygen atoms in total. The summed E-state index contributed by atoms with van der Waals surface area (Å²) in [4.78, 5) is 15.3. The standard InChI is InChI=1S/C26H23F3INO3/c1-33-21-11-8-16(13-19(21)26(27,28)29)24(32)31-17-9-10-18(31)15-25(14-17)23-7-4-12-30(23)20-5-2-3-6-22(20)34-25/h2-8,11-13,17-18H,9-10,14-15H2,1H3. The Bertz CT molecular complexity index is 1220. The van der Waals surface area contributed by atoms with E-state index in [2.05, 4.69) is 28.4 Å². The Balaban J connectivity index is 1.32. The van der Waals surface area contributed by atoms with Gasteiger partial charge in [0.1, 0.15) is 0 Å². The number of rotatable bonds is 2. The van der Waals surface area contributed by atoms with E-state index in [-0.39, 0.29) is 29.3 Å². The van der Waals surface area contributed by atoms with Crippen LogP contribution in [-0.4, -0.2) is 35.6 Å². The van der Waals surface area contributed by atoms with Crippen LogP contribution in [-0.2, 0) is 6.18 Å². The van der Waals surface area contributed by atoms with Crippen LogP contribution in [0.4, 0.5) is 13.2 Å². The molecule has 2 aromatic rings. The van der Waals surface area contributed by atoms with Gasteiger partial charge in [0.05, 0.1) is 0 Å². The summed E-state index contributed by atoms with van der Waals surface area (Å²) in [6.45, 7) is 0. The third-order valence-corrected chi connectivity index (χ3v) is 13.1. The molecule has 4 aliphatic rings. The van der Waals surface area contributed by atoms with Gasteiger partial charge in [-0.05, 0) is 0 Å². The predicted molar refractivity (Wildman–Crippen MR) is 130 cm³/mol. The van der Waals surface area contributed by atoms with Crippen LogP contribution in [0.15, 0.2) is 62.3 Å². The van der Waals surface area contributed by atoms with Gasteiger partial charge in [0, 0.05) is 0 Å². The first-order valence-corrected chi connectivity index (χ1v) is 14.6. The molecule has 2 aromatic carbocycles. The second-order valence-electron chi connectivity index (χ2n) is 9.09. The number of benzene rings is 2. The molecule has 4 heterocycles. The minimum absolute atomic E-state index is 0.0473. The van der Waals surface area contributed by atoms with Crippen molar-refractivity contribution in [2.45, 2.75) is 49.5 Å². The summed E-state index contributed by atoms with van der Waals surface area (Å²) in [5.41, 5.74) is -1.31. The van der Waals surface area contributed by atoms with Crippen molar-refractivity contribution in [3.63, 3.8) is 0 Å². The molecular weight excluding hydrogens is 558 g/mol. The number of allylic oxidation sites excluding steroid dienone is 2. The quantitative estimate of drug-likeness (QED) is 0.386. The van der Waals surface area contributed by atoms with Crippen LogP contribution in [0, 0.1) is 3.57 Å². The maximum atomic E-state index is 13.5. The summed E-state index contributed by atoms with van der Waals surface area (Å²) in [6.07, 6.45) is 2.76. The van der Waals surface area contributed by atoms with E-state index in [0.717, 1.165) is 24.7 Å². The van der Waals surface area contributed by atoms with Crippen LogP contribution < -0.4 is 9.47 Å². The Labute approximate surface area is 202 Å². The van der Waals surface area contributed by atoms with Gasteiger partial charge in [-0.1, -0.05) is 0 Å². The molecule has 2 bridgehead atoms. The molecular formula is C26H23F3INO3. The first-order chi connectivity index (χ1) is 16.3. The van der Waals surface area contributed by atoms with Gasteiger partial charge in [-0.25, -0.2) is 0 Å². The van der Waals surface area contributed by atoms with Gasteiger partial charge in [-0.3, -0.25) is 0 Å². The van der Waals surface area contributed by atoms with Gasteiger partial charge in [0.15, 0.2) is 0 Å². The number of amides is 1. The molecule has 1 spiro atoms. The summed E-state index contributed by atoms with van der Waals surface area (Å²) < 4.78 is 57.2. The molecule has 2 saturated heterocycles. The molecule has 2 atom stereocenters. The topological polar surface area (TPSA) is 38.8 Å². The van der Waals surface area contributed by atoms with E-state index in [0.29, 0.717) is 12.8 Å². The predicted octanol–water partition coefficient (Wildman–Crippen LogP) is 6.40. The fourth-order valence-electron chi connectivity index (χ4n) is 5.83. The Kier molecular flexibility index (Phi) is 5.02. The number of hydrogen-bond acceptors (Lipinski definition) is 3. The van der Waals surface area contributed by atoms with Crippen LogP contribution in [0.25, 0.3) is 0 Å². The second kappa shape index (κ2) is 7.76. The number of methoxy groups -OCH3 is 1. The molecule has 178 valence electrons. The number of para-hydroxylation sites is 1. The molecule has 34 heavy (non-hydrogen) atoms. The average Bonchev–Trinajstić information content (AvgIpc) is 3.42. The van der Waals surface area contributed by atoms with Gasteiger partial charge in [0.2, 0.25) is 0 Å². The van der Waals surface area contributed by atoms with Gasteiger partial charge in [0.25, 0.3) is 0 Å². The van der Waals surface area contributed by atoms with E-state index in [1.165, 1.54) is 26.4 Å². The van der Waals surface area contributed by atoms with E-state index >= 15 is 0 Å². The first kappa shape index (κ1) is 22.0. The Morgan fingerprint density at radius 3 is 2.59 bits per heavy atom. The van der Waals surface area contributed by atoms with Gasteiger partial charge < -0.3 is 0 Å². The average molecular weight is 581 g/mol. The molecule has 0 aromatic heterocycles. The molecule has 6 rings (SSSR count). The molecule has 8 heteroatoms. The summed E-state index contributed by atoms with van der Waals surface area (Å²) in [7, 11) is 1.20. The van der Waals surface area contributed by atoms with Crippen molar-refractivity contribution in [1.82, 2.24) is 4.90 Å². The molecule has 2 unspecified atom stereocenters. The number of nitrogens with zero attached hydrogens (tertiary/aromatic N) is 1. The van der Waals surface area contributed by atoms with Gasteiger partial charge >= 0.3 is 203 Å². The fourth-order valence-corrected chi connectivity index (χ4v) is 11.5. The maximum absolute atomic E-state index is 13.5. The Hall–Kier alpha value is -2.49. The number of ether oxygens (including phenoxy) is 2. The number of carbonyl (C=O) groups is 1. The van der Waals surface area contributed by atoms with Crippen molar-refractivity contribution in [3.8, 4) is 11.5 Å². The molecule has 0 N–H and O–H groups in total. The summed E-state index contributed by atoms with van der Waals surface area (Å²) in [6, 6.07) is 11.7. The van der Waals surface area contributed by atoms with Crippen molar-refractivity contribution in [2.24, 2.45) is 0 Å². The Morgan fingerprint density at radius 2 is 1.88 bits per heavy atom. The zero-order chi connectivity index (χ0) is 23.7. The molecule has 0 radical (unpaired) electrons. The first-order valence-electron chi connectivity index (χ1n) is 11.2. The van der Waals surface area contributed by atoms with Crippen molar-refractivity contribution in [3.05, 3.63) is 77.0 Å². The summed E-state index contributed by atoms with van der Waals surface area (Å²) >= 11 is -1.69. The van der Waals surface area contributed by atoms with Crippen LogP contribution in [0.3, 0.4) is 0 Å². The van der Waals surface area contributed by atoms with Crippen LogP contribution in [0.2, 0.25) is 0 Å². The Morgan fingerprint density at radius 1 is 1.15 bits per heavy atom. The number of alkyl halides is 3. The SMILES string of the molecule is COc1ccc(C(=O)N2C3CCC2CC2(C3)Oc3ccccc3I3C=CC=C32)cc1C(F)(F)F. The molecule has 2 fully saturated rings. The van der Waals surface area contributed by atoms with E-state index in [1.54, 1.807) is 0 Å². The van der Waals surface area contributed by atoms with Crippen LogP contribution >= 0.6 is 19.8 Å². The number of fused-ring (bicyclic) bond motifs is 6. The molecule has 4 aliphatic heterocycles. The summed E-state index contributed by atoms with van der Waals surface area (Å²) in [5.74, 6) is 0.317. The zero-order valence-corrected chi connectivity index (χ0v) is 20.6. The monoisotopic (exact) mass is 581 g/mol. The van der Waals surface area contributed by atoms with Gasteiger partial charge in [-0.15, -0.1) is 0 Å². The van der Waals surface area contributed by atoms with E-state index < -0.39 is 37.2 Å². The van der Waals surface area contributed by atoms with Crippen molar-refractivity contribution < 1.29 is 27.4 Å². The minimum atomic E-state index is -4.60. The number of piperidine rings is 1. The van der Waals surface area contributed by atoms with Gasteiger partial charge in [-0.2, -0.15) is 0 Å². The van der Waals surface area contributed by atoms with Crippen LogP contribution in [0.5, 0.6) is 11.5 Å². The second-order valence-corrected chi connectivity index (χ2v) is 13.9. The summed E-state index contributed by atoms with van der Waals surface area (Å²) in [5, 5.41) is 0. The van der Waals surface area contributed by atoms with Crippen molar-refractivity contribution in [1.29, 1.82) is 0 Å². The molecule has 0 saturated carbocycles. The normalized spacial score (nSPS) is 27.8. The third kappa shape index (κ3) is 3.28. The fraction of sp³-hybridized carbons (Fsp3) is 0.346.